The van der Waals surface area contributed by atoms with Gasteiger partial charge in [0.2, 0.25) is 16.0 Å². The quantitative estimate of drug-likeness (QED) is 0.665. The van der Waals surface area contributed by atoms with Gasteiger partial charge in [-0.25, -0.2) is 27.8 Å². The van der Waals surface area contributed by atoms with E-state index < -0.39 is 15.8 Å². The predicted molar refractivity (Wildman–Crippen MR) is 111 cm³/mol. The number of sulfonamides is 1. The van der Waals surface area contributed by atoms with Crippen LogP contribution >= 0.6 is 0 Å². The Morgan fingerprint density at radius 3 is 2.43 bits per heavy atom. The average molecular weight is 428 g/mol. The third-order valence-electron chi connectivity index (χ3n) is 4.96. The number of halogens is 1. The molecule has 0 spiro atoms. The second kappa shape index (κ2) is 8.08. The molecule has 9 heteroatoms. The zero-order valence-corrected chi connectivity index (χ0v) is 17.5. The summed E-state index contributed by atoms with van der Waals surface area (Å²) in [7, 11) is -3.75. The molecule has 0 radical (unpaired) electrons. The van der Waals surface area contributed by atoms with Gasteiger partial charge in [-0.2, -0.15) is 4.31 Å². The van der Waals surface area contributed by atoms with Gasteiger partial charge in [0.25, 0.3) is 0 Å². The molecule has 1 atom stereocenters. The lowest BCUT2D eigenvalue weighted by molar-refractivity contribution is 0.390. The van der Waals surface area contributed by atoms with Gasteiger partial charge in [0.15, 0.2) is 0 Å². The van der Waals surface area contributed by atoms with Gasteiger partial charge in [0.1, 0.15) is 11.6 Å². The third kappa shape index (κ3) is 4.17. The first-order valence-electron chi connectivity index (χ1n) is 9.66. The van der Waals surface area contributed by atoms with Crippen molar-refractivity contribution in [2.75, 3.05) is 11.9 Å². The standard InChI is InChI=1S/C21H22FN5O2S/c1-14-13-15(2)24-21(23-14)26-20-7-3-5-18(25-20)19-6-4-12-27(19)30(28,29)17-10-8-16(22)9-11-17/h3,5,7-11,13,19H,4,6,12H2,1-2H3,(H,23,24,25,26)/t19-/m1/s1. The highest BCUT2D eigenvalue weighted by molar-refractivity contribution is 7.89. The lowest BCUT2D eigenvalue weighted by atomic mass is 10.1. The summed E-state index contributed by atoms with van der Waals surface area (Å²) in [6.45, 7) is 4.17. The van der Waals surface area contributed by atoms with E-state index in [1.165, 1.54) is 16.4 Å². The number of hydrogen-bond donors (Lipinski definition) is 1. The van der Waals surface area contributed by atoms with Crippen molar-refractivity contribution in [3.05, 3.63) is 71.4 Å². The Hall–Kier alpha value is -2.91. The van der Waals surface area contributed by atoms with Gasteiger partial charge >= 0.3 is 0 Å². The monoisotopic (exact) mass is 427 g/mol. The van der Waals surface area contributed by atoms with Crippen molar-refractivity contribution < 1.29 is 12.8 Å². The number of hydrogen-bond acceptors (Lipinski definition) is 6. The maximum atomic E-state index is 13.2. The van der Waals surface area contributed by atoms with Crippen molar-refractivity contribution in [1.82, 2.24) is 19.3 Å². The molecule has 7 nitrogen and oxygen atoms in total. The van der Waals surface area contributed by atoms with Crippen LogP contribution in [-0.4, -0.2) is 34.2 Å². The molecular weight excluding hydrogens is 405 g/mol. The van der Waals surface area contributed by atoms with Crippen molar-refractivity contribution in [2.45, 2.75) is 37.6 Å². The first kappa shape index (κ1) is 20.4. The maximum absolute atomic E-state index is 13.2. The molecule has 0 amide bonds. The van der Waals surface area contributed by atoms with Crippen LogP contribution in [-0.2, 0) is 10.0 Å². The largest absolute Gasteiger partial charge is 0.309 e. The summed E-state index contributed by atoms with van der Waals surface area (Å²) in [6, 6.07) is 11.8. The van der Waals surface area contributed by atoms with E-state index in [1.54, 1.807) is 6.07 Å². The fourth-order valence-electron chi connectivity index (χ4n) is 3.67. The zero-order valence-electron chi connectivity index (χ0n) is 16.7. The molecule has 1 fully saturated rings. The van der Waals surface area contributed by atoms with Gasteiger partial charge in [-0.3, -0.25) is 0 Å². The first-order valence-corrected chi connectivity index (χ1v) is 11.1. The fraction of sp³-hybridized carbons (Fsp3) is 0.286. The van der Waals surface area contributed by atoms with Crippen molar-refractivity contribution in [2.24, 2.45) is 0 Å². The number of nitrogens with zero attached hydrogens (tertiary/aromatic N) is 4. The third-order valence-corrected chi connectivity index (χ3v) is 6.88. The van der Waals surface area contributed by atoms with E-state index in [1.807, 2.05) is 32.0 Å². The summed E-state index contributed by atoms with van der Waals surface area (Å²) in [4.78, 5) is 13.4. The Labute approximate surface area is 175 Å². The minimum absolute atomic E-state index is 0.0775. The zero-order chi connectivity index (χ0) is 21.3. The molecule has 3 aromatic rings. The second-order valence-corrected chi connectivity index (χ2v) is 9.17. The minimum atomic E-state index is -3.75. The first-order chi connectivity index (χ1) is 14.3. The molecule has 3 heterocycles. The molecule has 156 valence electrons. The summed E-state index contributed by atoms with van der Waals surface area (Å²) in [5.41, 5.74) is 2.33. The summed E-state index contributed by atoms with van der Waals surface area (Å²) in [5, 5.41) is 3.10. The van der Waals surface area contributed by atoms with Crippen molar-refractivity contribution in [1.29, 1.82) is 0 Å². The number of rotatable bonds is 5. The molecule has 1 aliphatic rings. The Balaban J connectivity index is 1.61. The van der Waals surface area contributed by atoms with Gasteiger partial charge in [-0.05, 0) is 69.2 Å². The molecule has 2 aromatic heterocycles. The average Bonchev–Trinajstić information content (AvgIpc) is 3.18. The molecular formula is C21H22FN5O2S. The van der Waals surface area contributed by atoms with Gasteiger partial charge in [-0.1, -0.05) is 6.07 Å². The molecule has 1 N–H and O–H groups in total. The van der Waals surface area contributed by atoms with E-state index in [0.29, 0.717) is 30.4 Å². The molecule has 0 unspecified atom stereocenters. The minimum Gasteiger partial charge on any atom is -0.309 e. The van der Waals surface area contributed by atoms with E-state index in [0.717, 1.165) is 29.9 Å². The highest BCUT2D eigenvalue weighted by Crippen LogP contribution is 2.36. The highest BCUT2D eigenvalue weighted by atomic mass is 32.2. The number of aromatic nitrogens is 3. The van der Waals surface area contributed by atoms with Crippen LogP contribution in [0.1, 0.15) is 36.0 Å². The predicted octanol–water partition coefficient (Wildman–Crippen LogP) is 3.90. The molecule has 0 aliphatic carbocycles. The lowest BCUT2D eigenvalue weighted by Crippen LogP contribution is -2.31. The number of nitrogens with one attached hydrogen (secondary N) is 1. The van der Waals surface area contributed by atoms with Crippen LogP contribution in [0.25, 0.3) is 0 Å². The molecule has 0 saturated carbocycles. The lowest BCUT2D eigenvalue weighted by Gasteiger charge is -2.24. The van der Waals surface area contributed by atoms with Gasteiger partial charge in [-0.15, -0.1) is 0 Å². The number of benzene rings is 1. The van der Waals surface area contributed by atoms with E-state index >= 15 is 0 Å². The molecule has 30 heavy (non-hydrogen) atoms. The van der Waals surface area contributed by atoms with E-state index in [-0.39, 0.29) is 10.9 Å². The van der Waals surface area contributed by atoms with Gasteiger partial charge < -0.3 is 5.32 Å². The Morgan fingerprint density at radius 1 is 1.03 bits per heavy atom. The molecule has 1 aliphatic heterocycles. The van der Waals surface area contributed by atoms with Crippen LogP contribution in [0.5, 0.6) is 0 Å². The maximum Gasteiger partial charge on any atom is 0.243 e. The normalized spacial score (nSPS) is 17.2. The number of anilines is 2. The van der Waals surface area contributed by atoms with E-state index in [9.17, 15) is 12.8 Å². The summed E-state index contributed by atoms with van der Waals surface area (Å²) >= 11 is 0. The van der Waals surface area contributed by atoms with Crippen LogP contribution in [0.3, 0.4) is 0 Å². The van der Waals surface area contributed by atoms with Gasteiger partial charge in [0, 0.05) is 17.9 Å². The topological polar surface area (TPSA) is 88.1 Å². The summed E-state index contributed by atoms with van der Waals surface area (Å²) in [6.07, 6.45) is 1.39. The fourth-order valence-corrected chi connectivity index (χ4v) is 5.34. The molecule has 4 rings (SSSR count). The Kier molecular flexibility index (Phi) is 5.48. The van der Waals surface area contributed by atoms with Crippen molar-refractivity contribution in [3.63, 3.8) is 0 Å². The molecule has 1 aromatic carbocycles. The van der Waals surface area contributed by atoms with Gasteiger partial charge in [0.05, 0.1) is 16.6 Å². The Morgan fingerprint density at radius 2 is 1.73 bits per heavy atom. The van der Waals surface area contributed by atoms with E-state index in [4.69, 9.17) is 0 Å². The second-order valence-electron chi connectivity index (χ2n) is 7.27. The number of pyridine rings is 1. The van der Waals surface area contributed by atoms with Crippen LogP contribution in [0.4, 0.5) is 16.2 Å². The summed E-state index contributed by atoms with van der Waals surface area (Å²) < 4.78 is 40.9. The van der Waals surface area contributed by atoms with Crippen LogP contribution in [0.2, 0.25) is 0 Å². The molecule has 1 saturated heterocycles. The Bertz CT molecular complexity index is 1150. The van der Waals surface area contributed by atoms with Crippen molar-refractivity contribution >= 4 is 21.8 Å². The summed E-state index contributed by atoms with van der Waals surface area (Å²) in [5.74, 6) is 0.517. The van der Waals surface area contributed by atoms with E-state index in [2.05, 4.69) is 20.3 Å². The van der Waals surface area contributed by atoms with Crippen LogP contribution in [0, 0.1) is 19.7 Å². The molecule has 0 bridgehead atoms. The number of aryl methyl sites for hydroxylation is 2. The smallest absolute Gasteiger partial charge is 0.243 e. The highest BCUT2D eigenvalue weighted by Gasteiger charge is 2.37. The van der Waals surface area contributed by atoms with Crippen LogP contribution in [0.15, 0.2) is 53.4 Å². The SMILES string of the molecule is Cc1cc(C)nc(Nc2cccc([C@H]3CCCN3S(=O)(=O)c3ccc(F)cc3)n2)n1. The van der Waals surface area contributed by atoms with Crippen molar-refractivity contribution in [3.8, 4) is 0 Å². The van der Waals surface area contributed by atoms with Crippen LogP contribution < -0.4 is 5.32 Å².